The van der Waals surface area contributed by atoms with Crippen LogP contribution in [0.3, 0.4) is 0 Å². The number of rotatable bonds is 6. The Morgan fingerprint density at radius 1 is 1.00 bits per heavy atom. The molecule has 2 rings (SSSR count). The minimum Gasteiger partial charge on any atom is -0.480 e. The van der Waals surface area contributed by atoms with Gasteiger partial charge < -0.3 is 10.4 Å². The lowest BCUT2D eigenvalue weighted by atomic mass is 9.81. The van der Waals surface area contributed by atoms with Gasteiger partial charge in [-0.2, -0.15) is 0 Å². The Labute approximate surface area is 127 Å². The minimum atomic E-state index is -0.986. The highest BCUT2D eigenvalue weighted by atomic mass is 16.4. The molecule has 2 N–H and O–H groups in total. The van der Waals surface area contributed by atoms with Gasteiger partial charge in [0, 0.05) is 6.42 Å². The number of carbonyl (C=O) groups is 2. The topological polar surface area (TPSA) is 66.4 Å². The zero-order chi connectivity index (χ0) is 15.1. The van der Waals surface area contributed by atoms with Crippen molar-refractivity contribution in [1.29, 1.82) is 0 Å². The number of hydrogen-bond donors (Lipinski definition) is 2. The van der Waals surface area contributed by atoms with Crippen molar-refractivity contribution in [2.24, 2.45) is 5.92 Å². The number of carboxylic acids is 1. The molecule has 0 bridgehead atoms. The van der Waals surface area contributed by atoms with Crippen LogP contribution in [0.15, 0.2) is 0 Å². The molecule has 4 heteroatoms. The number of carboxylic acid groups (broad SMARTS) is 1. The SMILES string of the molecule is O=C(CCCC1CCCCC1)NC1(C(=O)O)CCCCC1. The molecule has 0 aromatic rings. The molecule has 0 saturated heterocycles. The van der Waals surface area contributed by atoms with E-state index in [4.69, 9.17) is 0 Å². The Kier molecular flexibility index (Phi) is 6.07. The smallest absolute Gasteiger partial charge is 0.329 e. The van der Waals surface area contributed by atoms with E-state index < -0.39 is 11.5 Å². The number of aliphatic carboxylic acids is 1. The fourth-order valence-corrected chi connectivity index (χ4v) is 3.90. The number of nitrogens with one attached hydrogen (secondary N) is 1. The molecule has 1 amide bonds. The van der Waals surface area contributed by atoms with Crippen LogP contribution in [0.2, 0.25) is 0 Å². The van der Waals surface area contributed by atoms with Crippen molar-refractivity contribution in [3.05, 3.63) is 0 Å². The van der Waals surface area contributed by atoms with Crippen molar-refractivity contribution in [2.45, 2.75) is 89.0 Å². The Hall–Kier alpha value is -1.06. The molecule has 0 radical (unpaired) electrons. The van der Waals surface area contributed by atoms with Crippen molar-refractivity contribution in [1.82, 2.24) is 5.32 Å². The zero-order valence-electron chi connectivity index (χ0n) is 13.0. The summed E-state index contributed by atoms with van der Waals surface area (Å²) in [6.07, 6.45) is 13.2. The molecule has 4 nitrogen and oxygen atoms in total. The summed E-state index contributed by atoms with van der Waals surface area (Å²) in [5.74, 6) is -0.146. The third-order valence-corrected chi connectivity index (χ3v) is 5.24. The average molecular weight is 295 g/mol. The molecule has 0 atom stereocenters. The quantitative estimate of drug-likeness (QED) is 0.786. The molecule has 2 saturated carbocycles. The highest BCUT2D eigenvalue weighted by Gasteiger charge is 2.40. The summed E-state index contributed by atoms with van der Waals surface area (Å²) in [5, 5.41) is 12.3. The largest absolute Gasteiger partial charge is 0.480 e. The van der Waals surface area contributed by atoms with E-state index in [1.807, 2.05) is 0 Å². The summed E-state index contributed by atoms with van der Waals surface area (Å²) in [6.45, 7) is 0. The molecular formula is C17H29NO3. The zero-order valence-corrected chi connectivity index (χ0v) is 13.0. The summed E-state index contributed by atoms with van der Waals surface area (Å²) in [4.78, 5) is 23.6. The molecule has 0 unspecified atom stereocenters. The normalized spacial score (nSPS) is 22.7. The van der Waals surface area contributed by atoms with Crippen LogP contribution in [-0.4, -0.2) is 22.5 Å². The predicted molar refractivity (Wildman–Crippen MR) is 82.0 cm³/mol. The number of amides is 1. The van der Waals surface area contributed by atoms with Crippen LogP contribution in [0, 0.1) is 5.92 Å². The van der Waals surface area contributed by atoms with Gasteiger partial charge in [-0.3, -0.25) is 4.79 Å². The predicted octanol–water partition coefficient (Wildman–Crippen LogP) is 3.64. The lowest BCUT2D eigenvalue weighted by Crippen LogP contribution is -2.55. The first kappa shape index (κ1) is 16.3. The Morgan fingerprint density at radius 3 is 2.24 bits per heavy atom. The van der Waals surface area contributed by atoms with Gasteiger partial charge in [-0.1, -0.05) is 51.4 Å². The van der Waals surface area contributed by atoms with Crippen molar-refractivity contribution in [2.75, 3.05) is 0 Å². The molecule has 0 aromatic heterocycles. The molecule has 0 aromatic carbocycles. The van der Waals surface area contributed by atoms with Crippen LogP contribution in [0.1, 0.15) is 83.5 Å². The molecule has 0 aliphatic heterocycles. The Bertz CT molecular complexity index is 355. The second-order valence-corrected chi connectivity index (χ2v) is 6.89. The van der Waals surface area contributed by atoms with E-state index in [0.29, 0.717) is 19.3 Å². The van der Waals surface area contributed by atoms with Gasteiger partial charge in [0.05, 0.1) is 0 Å². The van der Waals surface area contributed by atoms with Crippen LogP contribution in [0.25, 0.3) is 0 Å². The van der Waals surface area contributed by atoms with E-state index in [1.54, 1.807) is 0 Å². The minimum absolute atomic E-state index is 0.0740. The maximum Gasteiger partial charge on any atom is 0.329 e. The molecular weight excluding hydrogens is 266 g/mol. The van der Waals surface area contributed by atoms with E-state index in [-0.39, 0.29) is 5.91 Å². The first-order valence-electron chi connectivity index (χ1n) is 8.67. The van der Waals surface area contributed by atoms with E-state index in [9.17, 15) is 14.7 Å². The average Bonchev–Trinajstić information content (AvgIpc) is 2.49. The standard InChI is InChI=1S/C17H29NO3/c19-15(11-7-10-14-8-3-1-4-9-14)18-17(16(20)21)12-5-2-6-13-17/h14H,1-13H2,(H,18,19)(H,20,21). The summed E-state index contributed by atoms with van der Waals surface area (Å²) in [5.41, 5.74) is -0.986. The summed E-state index contributed by atoms with van der Waals surface area (Å²) in [7, 11) is 0. The molecule has 2 aliphatic rings. The Morgan fingerprint density at radius 2 is 1.62 bits per heavy atom. The third kappa shape index (κ3) is 4.72. The van der Waals surface area contributed by atoms with Crippen molar-refractivity contribution < 1.29 is 14.7 Å². The van der Waals surface area contributed by atoms with Gasteiger partial charge in [0.1, 0.15) is 5.54 Å². The monoisotopic (exact) mass is 295 g/mol. The fourth-order valence-electron chi connectivity index (χ4n) is 3.90. The summed E-state index contributed by atoms with van der Waals surface area (Å²) >= 11 is 0. The van der Waals surface area contributed by atoms with Gasteiger partial charge >= 0.3 is 5.97 Å². The van der Waals surface area contributed by atoms with Crippen LogP contribution < -0.4 is 5.32 Å². The number of hydrogen-bond acceptors (Lipinski definition) is 2. The highest BCUT2D eigenvalue weighted by Crippen LogP contribution is 2.30. The summed E-state index contributed by atoms with van der Waals surface area (Å²) < 4.78 is 0. The maximum atomic E-state index is 12.1. The Balaban J connectivity index is 1.73. The third-order valence-electron chi connectivity index (χ3n) is 5.24. The van der Waals surface area contributed by atoms with E-state index in [2.05, 4.69) is 5.32 Å². The van der Waals surface area contributed by atoms with Gasteiger partial charge in [0.2, 0.25) is 5.91 Å². The highest BCUT2D eigenvalue weighted by molar-refractivity contribution is 5.87. The lowest BCUT2D eigenvalue weighted by Gasteiger charge is -2.34. The van der Waals surface area contributed by atoms with Crippen LogP contribution in [0.4, 0.5) is 0 Å². The first-order valence-corrected chi connectivity index (χ1v) is 8.67. The molecule has 2 fully saturated rings. The van der Waals surface area contributed by atoms with Gasteiger partial charge in [0.15, 0.2) is 0 Å². The van der Waals surface area contributed by atoms with Crippen LogP contribution in [-0.2, 0) is 9.59 Å². The van der Waals surface area contributed by atoms with Gasteiger partial charge in [-0.25, -0.2) is 4.79 Å². The first-order chi connectivity index (χ1) is 10.1. The van der Waals surface area contributed by atoms with Gasteiger partial charge in [-0.15, -0.1) is 0 Å². The van der Waals surface area contributed by atoms with Crippen LogP contribution in [0.5, 0.6) is 0 Å². The van der Waals surface area contributed by atoms with Crippen molar-refractivity contribution in [3.63, 3.8) is 0 Å². The molecule has 0 spiro atoms. The molecule has 120 valence electrons. The van der Waals surface area contributed by atoms with E-state index in [0.717, 1.165) is 38.0 Å². The van der Waals surface area contributed by atoms with Gasteiger partial charge in [0.25, 0.3) is 0 Å². The van der Waals surface area contributed by atoms with E-state index in [1.165, 1.54) is 32.1 Å². The van der Waals surface area contributed by atoms with E-state index >= 15 is 0 Å². The summed E-state index contributed by atoms with van der Waals surface area (Å²) in [6, 6.07) is 0. The van der Waals surface area contributed by atoms with Crippen molar-refractivity contribution in [3.8, 4) is 0 Å². The van der Waals surface area contributed by atoms with Crippen molar-refractivity contribution >= 4 is 11.9 Å². The maximum absolute atomic E-state index is 12.1. The molecule has 21 heavy (non-hydrogen) atoms. The lowest BCUT2D eigenvalue weighted by molar-refractivity contribution is -0.149. The molecule has 2 aliphatic carbocycles. The molecule has 0 heterocycles. The van der Waals surface area contributed by atoms with Crippen LogP contribution >= 0.6 is 0 Å². The second-order valence-electron chi connectivity index (χ2n) is 6.89. The second kappa shape index (κ2) is 7.81. The fraction of sp³-hybridized carbons (Fsp3) is 0.882. The number of carbonyl (C=O) groups excluding carboxylic acids is 1. The van der Waals surface area contributed by atoms with Gasteiger partial charge in [-0.05, 0) is 31.6 Å².